The van der Waals surface area contributed by atoms with Crippen LogP contribution in [0, 0.1) is 0 Å². The topological polar surface area (TPSA) is 63.6 Å². The summed E-state index contributed by atoms with van der Waals surface area (Å²) in [7, 11) is 0. The molecule has 0 saturated heterocycles. The number of ether oxygens (including phenoxy) is 1. The van der Waals surface area contributed by atoms with Crippen molar-refractivity contribution in [2.45, 2.75) is 31.1 Å². The maximum Gasteiger partial charge on any atom is 0.318 e. The Kier molecular flexibility index (Phi) is 4.38. The van der Waals surface area contributed by atoms with E-state index in [0.717, 1.165) is 11.1 Å². The number of carbonyl (C=O) groups is 2. The van der Waals surface area contributed by atoms with Crippen molar-refractivity contribution in [1.29, 1.82) is 0 Å². The van der Waals surface area contributed by atoms with E-state index in [-0.39, 0.29) is 5.97 Å². The molecule has 4 nitrogen and oxygen atoms in total. The molecule has 0 saturated carbocycles. The zero-order valence-electron chi connectivity index (χ0n) is 13.6. The second-order valence-corrected chi connectivity index (χ2v) is 6.01. The smallest absolute Gasteiger partial charge is 0.318 e. The Hall–Kier alpha value is -2.62. The molecule has 1 N–H and O–H groups in total. The van der Waals surface area contributed by atoms with Crippen LogP contribution in [-0.2, 0) is 19.7 Å². The van der Waals surface area contributed by atoms with Crippen molar-refractivity contribution in [3.63, 3.8) is 0 Å². The zero-order chi connectivity index (χ0) is 17.2. The van der Waals surface area contributed by atoms with Crippen molar-refractivity contribution in [3.05, 3.63) is 71.3 Å². The number of hydrogen-bond donors (Lipinski definition) is 1. The van der Waals surface area contributed by atoms with Gasteiger partial charge in [-0.3, -0.25) is 9.59 Å². The maximum absolute atomic E-state index is 12.3. The van der Waals surface area contributed by atoms with Crippen LogP contribution in [-0.4, -0.2) is 23.7 Å². The molecule has 1 aliphatic rings. The van der Waals surface area contributed by atoms with E-state index in [9.17, 15) is 14.7 Å². The van der Waals surface area contributed by atoms with Gasteiger partial charge in [-0.15, -0.1) is 0 Å². The minimum Gasteiger partial charge on any atom is -0.480 e. The molecule has 0 aliphatic heterocycles. The first kappa shape index (κ1) is 16.2. The van der Waals surface area contributed by atoms with E-state index in [1.54, 1.807) is 6.92 Å². The van der Waals surface area contributed by atoms with E-state index in [1.807, 2.05) is 54.6 Å². The lowest BCUT2D eigenvalue weighted by atomic mass is 9.63. The predicted octanol–water partition coefficient (Wildman–Crippen LogP) is 3.50. The lowest BCUT2D eigenvalue weighted by Crippen LogP contribution is -2.42. The third-order valence-corrected chi connectivity index (χ3v) is 4.81. The summed E-state index contributed by atoms with van der Waals surface area (Å²) < 4.78 is 5.19. The quantitative estimate of drug-likeness (QED) is 0.874. The molecule has 2 atom stereocenters. The number of aliphatic carboxylic acids is 1. The molecular formula is C20H20O4. The van der Waals surface area contributed by atoms with Gasteiger partial charge >= 0.3 is 11.9 Å². The van der Waals surface area contributed by atoms with Gasteiger partial charge in [-0.1, -0.05) is 54.6 Å². The average molecular weight is 324 g/mol. The highest BCUT2D eigenvalue weighted by Crippen LogP contribution is 2.47. The molecule has 0 aromatic heterocycles. The third-order valence-electron chi connectivity index (χ3n) is 4.81. The lowest BCUT2D eigenvalue weighted by Gasteiger charge is -2.38. The van der Waals surface area contributed by atoms with Crippen LogP contribution in [0.2, 0.25) is 0 Å². The van der Waals surface area contributed by atoms with Gasteiger partial charge in [0.05, 0.1) is 12.5 Å². The van der Waals surface area contributed by atoms with Gasteiger partial charge in [0.2, 0.25) is 0 Å². The monoisotopic (exact) mass is 324 g/mol. The van der Waals surface area contributed by atoms with Crippen LogP contribution in [0.15, 0.2) is 54.6 Å². The number of carboxylic acids is 1. The fraction of sp³-hybridized carbons (Fsp3) is 0.300. The van der Waals surface area contributed by atoms with Gasteiger partial charge in [0.25, 0.3) is 0 Å². The fourth-order valence-electron chi connectivity index (χ4n) is 3.70. The number of fused-ring (bicyclic) bond motifs is 1. The van der Waals surface area contributed by atoms with E-state index in [1.165, 1.54) is 0 Å². The third kappa shape index (κ3) is 2.48. The van der Waals surface area contributed by atoms with Gasteiger partial charge in [0, 0.05) is 0 Å². The molecule has 0 radical (unpaired) electrons. The fourth-order valence-corrected chi connectivity index (χ4v) is 3.70. The van der Waals surface area contributed by atoms with Crippen LogP contribution in [0.5, 0.6) is 0 Å². The first-order valence-electron chi connectivity index (χ1n) is 8.16. The Morgan fingerprint density at radius 1 is 1.12 bits per heavy atom. The lowest BCUT2D eigenvalue weighted by molar-refractivity contribution is -0.148. The normalized spacial score (nSPS) is 22.5. The standard InChI is InChI=1S/C20H20O4/c1-2-24-18(21)16-12-13-20(19(22)23,14-8-4-3-5-9-14)17-11-7-6-10-15(16)17/h3-11,16H,2,12-13H2,1H3,(H,22,23)/t16-,20-/m1/s1. The van der Waals surface area contributed by atoms with Crippen molar-refractivity contribution in [2.24, 2.45) is 0 Å². The van der Waals surface area contributed by atoms with Gasteiger partial charge in [-0.25, -0.2) is 0 Å². The Morgan fingerprint density at radius 3 is 2.46 bits per heavy atom. The Bertz CT molecular complexity index is 753. The summed E-state index contributed by atoms with van der Waals surface area (Å²) in [5.74, 6) is -1.57. The summed E-state index contributed by atoms with van der Waals surface area (Å²) in [5, 5.41) is 10.1. The van der Waals surface area contributed by atoms with Crippen molar-refractivity contribution in [2.75, 3.05) is 6.61 Å². The maximum atomic E-state index is 12.3. The minimum atomic E-state index is -1.12. The van der Waals surface area contributed by atoms with E-state index < -0.39 is 17.3 Å². The number of hydrogen-bond acceptors (Lipinski definition) is 3. The van der Waals surface area contributed by atoms with Gasteiger partial charge in [-0.2, -0.15) is 0 Å². The molecular weight excluding hydrogens is 304 g/mol. The summed E-state index contributed by atoms with van der Waals surface area (Å²) >= 11 is 0. The number of rotatable bonds is 4. The highest BCUT2D eigenvalue weighted by molar-refractivity contribution is 5.89. The summed E-state index contributed by atoms with van der Waals surface area (Å²) in [5.41, 5.74) is 1.06. The van der Waals surface area contributed by atoms with Crippen molar-refractivity contribution < 1.29 is 19.4 Å². The Morgan fingerprint density at radius 2 is 1.79 bits per heavy atom. The highest BCUT2D eigenvalue weighted by Gasteiger charge is 2.48. The molecule has 124 valence electrons. The molecule has 0 spiro atoms. The first-order valence-corrected chi connectivity index (χ1v) is 8.16. The number of carboxylic acid groups (broad SMARTS) is 1. The Balaban J connectivity index is 2.18. The van der Waals surface area contributed by atoms with Crippen LogP contribution < -0.4 is 0 Å². The molecule has 4 heteroatoms. The number of esters is 1. The second kappa shape index (κ2) is 6.48. The van der Waals surface area contributed by atoms with Crippen molar-refractivity contribution in [3.8, 4) is 0 Å². The Labute approximate surface area is 141 Å². The van der Waals surface area contributed by atoms with E-state index in [4.69, 9.17) is 4.74 Å². The van der Waals surface area contributed by atoms with Crippen LogP contribution >= 0.6 is 0 Å². The summed E-state index contributed by atoms with van der Waals surface area (Å²) in [6.07, 6.45) is 0.823. The minimum absolute atomic E-state index is 0.281. The second-order valence-electron chi connectivity index (χ2n) is 6.01. The molecule has 1 aliphatic carbocycles. The van der Waals surface area contributed by atoms with Crippen molar-refractivity contribution >= 4 is 11.9 Å². The largest absolute Gasteiger partial charge is 0.480 e. The van der Waals surface area contributed by atoms with Gasteiger partial charge in [0.1, 0.15) is 5.41 Å². The van der Waals surface area contributed by atoms with E-state index >= 15 is 0 Å². The summed E-state index contributed by atoms with van der Waals surface area (Å²) in [6, 6.07) is 16.6. The average Bonchev–Trinajstić information content (AvgIpc) is 2.61. The van der Waals surface area contributed by atoms with Crippen LogP contribution in [0.4, 0.5) is 0 Å². The molecule has 0 bridgehead atoms. The number of benzene rings is 2. The van der Waals surface area contributed by atoms with Crippen molar-refractivity contribution in [1.82, 2.24) is 0 Å². The molecule has 24 heavy (non-hydrogen) atoms. The first-order chi connectivity index (χ1) is 11.6. The molecule has 3 rings (SSSR count). The molecule has 2 aromatic rings. The van der Waals surface area contributed by atoms with Gasteiger partial charge in [-0.05, 0) is 36.5 Å². The SMILES string of the molecule is CCOC(=O)[C@@H]1CC[C@@](C(=O)O)(c2ccccc2)c2ccccc21. The molecule has 0 amide bonds. The van der Waals surface area contributed by atoms with E-state index in [0.29, 0.717) is 25.0 Å². The van der Waals surface area contributed by atoms with Crippen LogP contribution in [0.3, 0.4) is 0 Å². The van der Waals surface area contributed by atoms with Gasteiger partial charge < -0.3 is 9.84 Å². The number of carbonyl (C=O) groups excluding carboxylic acids is 1. The summed E-state index contributed by atoms with van der Waals surface area (Å²) in [6.45, 7) is 2.10. The molecule has 0 heterocycles. The zero-order valence-corrected chi connectivity index (χ0v) is 13.6. The molecule has 0 fully saturated rings. The molecule has 2 aromatic carbocycles. The van der Waals surface area contributed by atoms with Crippen LogP contribution in [0.1, 0.15) is 42.4 Å². The highest BCUT2D eigenvalue weighted by atomic mass is 16.5. The predicted molar refractivity (Wildman–Crippen MR) is 89.9 cm³/mol. The summed E-state index contributed by atoms with van der Waals surface area (Å²) in [4.78, 5) is 24.6. The molecule has 0 unspecified atom stereocenters. The van der Waals surface area contributed by atoms with Crippen LogP contribution in [0.25, 0.3) is 0 Å². The van der Waals surface area contributed by atoms with E-state index in [2.05, 4.69) is 0 Å². The van der Waals surface area contributed by atoms with Gasteiger partial charge in [0.15, 0.2) is 0 Å².